The number of methoxy groups -OCH3 is 2. The number of urea groups is 1. The Morgan fingerprint density at radius 1 is 1.10 bits per heavy atom. The van der Waals surface area contributed by atoms with Gasteiger partial charge in [-0.15, -0.1) is 0 Å². The molecule has 1 N–H and O–H groups in total. The Balaban J connectivity index is 1.59. The number of benzene rings is 2. The normalized spacial score (nSPS) is 18.3. The Bertz CT molecular complexity index is 1160. The van der Waals surface area contributed by atoms with Crippen LogP contribution in [0.2, 0.25) is 0 Å². The molecule has 1 aromatic heterocycles. The molecule has 1 aliphatic heterocycles. The first-order valence-electron chi connectivity index (χ1n) is 9.62. The smallest absolute Gasteiger partial charge is 0.325 e. The molecule has 1 aliphatic rings. The molecular weight excluding hydrogens is 400 g/mol. The molecule has 9 nitrogen and oxygen atoms in total. The number of hydrogen-bond acceptors (Lipinski definition) is 7. The summed E-state index contributed by atoms with van der Waals surface area (Å²) in [6, 6.07) is 12.1. The van der Waals surface area contributed by atoms with E-state index in [0.717, 1.165) is 16.0 Å². The van der Waals surface area contributed by atoms with Gasteiger partial charge in [-0.3, -0.25) is 9.69 Å². The maximum Gasteiger partial charge on any atom is 0.325 e. The Labute approximate surface area is 179 Å². The van der Waals surface area contributed by atoms with E-state index in [1.807, 2.05) is 31.2 Å². The van der Waals surface area contributed by atoms with Crippen molar-refractivity contribution in [1.29, 1.82) is 0 Å². The summed E-state index contributed by atoms with van der Waals surface area (Å²) in [6.45, 7) is 3.45. The Hall–Kier alpha value is -3.88. The van der Waals surface area contributed by atoms with Crippen molar-refractivity contribution in [3.63, 3.8) is 0 Å². The van der Waals surface area contributed by atoms with Crippen LogP contribution in [-0.4, -0.2) is 41.2 Å². The van der Waals surface area contributed by atoms with Crippen LogP contribution in [0.1, 0.15) is 23.9 Å². The highest BCUT2D eigenvalue weighted by atomic mass is 16.5. The molecule has 2 heterocycles. The molecule has 0 saturated carbocycles. The lowest BCUT2D eigenvalue weighted by molar-refractivity contribution is -0.131. The molecule has 3 amide bonds. The monoisotopic (exact) mass is 422 g/mol. The van der Waals surface area contributed by atoms with Crippen molar-refractivity contribution in [3.8, 4) is 22.9 Å². The van der Waals surface area contributed by atoms with Gasteiger partial charge in [0, 0.05) is 5.56 Å². The molecule has 0 unspecified atom stereocenters. The topological polar surface area (TPSA) is 107 Å². The first-order valence-corrected chi connectivity index (χ1v) is 9.62. The second-order valence-corrected chi connectivity index (χ2v) is 7.34. The van der Waals surface area contributed by atoms with E-state index < -0.39 is 17.5 Å². The molecule has 4 rings (SSSR count). The van der Waals surface area contributed by atoms with Gasteiger partial charge in [0.15, 0.2) is 11.5 Å². The molecule has 160 valence electrons. The summed E-state index contributed by atoms with van der Waals surface area (Å²) >= 11 is 0. The summed E-state index contributed by atoms with van der Waals surface area (Å²) in [5.41, 5.74) is 1.11. The number of aryl methyl sites for hydroxylation is 1. The summed E-state index contributed by atoms with van der Waals surface area (Å²) in [7, 11) is 3.03. The minimum Gasteiger partial charge on any atom is -0.493 e. The number of amides is 3. The molecule has 0 bridgehead atoms. The quantitative estimate of drug-likeness (QED) is 0.609. The fourth-order valence-corrected chi connectivity index (χ4v) is 3.57. The Morgan fingerprint density at radius 3 is 2.55 bits per heavy atom. The van der Waals surface area contributed by atoms with Crippen LogP contribution in [-0.2, 0) is 16.9 Å². The maximum absolute atomic E-state index is 13.2. The zero-order chi connectivity index (χ0) is 22.2. The average molecular weight is 422 g/mol. The van der Waals surface area contributed by atoms with E-state index in [-0.39, 0.29) is 12.4 Å². The van der Waals surface area contributed by atoms with Gasteiger partial charge in [-0.05, 0) is 37.1 Å². The minimum atomic E-state index is -1.27. The highest BCUT2D eigenvalue weighted by Gasteiger charge is 2.49. The summed E-state index contributed by atoms with van der Waals surface area (Å²) in [5.74, 6) is 1.13. The molecule has 1 fully saturated rings. The third-order valence-electron chi connectivity index (χ3n) is 5.38. The Morgan fingerprint density at radius 2 is 1.84 bits per heavy atom. The van der Waals surface area contributed by atoms with Gasteiger partial charge in [-0.2, -0.15) is 4.98 Å². The average Bonchev–Trinajstić information content (AvgIpc) is 3.32. The lowest BCUT2D eigenvalue weighted by Crippen LogP contribution is -2.40. The second kappa shape index (κ2) is 7.75. The van der Waals surface area contributed by atoms with Gasteiger partial charge in [0.1, 0.15) is 12.1 Å². The number of carbonyl (C=O) groups excluding carboxylic acids is 2. The van der Waals surface area contributed by atoms with Crippen LogP contribution in [0.5, 0.6) is 11.5 Å². The van der Waals surface area contributed by atoms with Crippen LogP contribution in [0.4, 0.5) is 4.79 Å². The van der Waals surface area contributed by atoms with Crippen LogP contribution >= 0.6 is 0 Å². The lowest BCUT2D eigenvalue weighted by atomic mass is 9.91. The number of carbonyl (C=O) groups is 2. The Kier molecular flexibility index (Phi) is 5.10. The number of rotatable bonds is 6. The van der Waals surface area contributed by atoms with E-state index in [9.17, 15) is 9.59 Å². The second-order valence-electron chi connectivity index (χ2n) is 7.34. The van der Waals surface area contributed by atoms with Crippen LogP contribution in [0.25, 0.3) is 11.4 Å². The molecule has 0 radical (unpaired) electrons. The van der Waals surface area contributed by atoms with Crippen molar-refractivity contribution in [1.82, 2.24) is 20.4 Å². The van der Waals surface area contributed by atoms with Gasteiger partial charge in [-0.1, -0.05) is 35.5 Å². The molecule has 1 atom stereocenters. The molecule has 1 saturated heterocycles. The van der Waals surface area contributed by atoms with Gasteiger partial charge in [-0.25, -0.2) is 4.79 Å². The first kappa shape index (κ1) is 20.4. The van der Waals surface area contributed by atoms with Crippen molar-refractivity contribution in [2.45, 2.75) is 25.9 Å². The number of aromatic nitrogens is 2. The molecule has 3 aromatic rings. The fourth-order valence-electron chi connectivity index (χ4n) is 3.57. The van der Waals surface area contributed by atoms with Crippen molar-refractivity contribution in [3.05, 3.63) is 59.5 Å². The van der Waals surface area contributed by atoms with Gasteiger partial charge in [0.25, 0.3) is 5.91 Å². The zero-order valence-electron chi connectivity index (χ0n) is 17.6. The fraction of sp³-hybridized carbons (Fsp3) is 0.273. The van der Waals surface area contributed by atoms with Crippen LogP contribution in [0, 0.1) is 6.92 Å². The largest absolute Gasteiger partial charge is 0.493 e. The number of hydrogen-bond donors (Lipinski definition) is 1. The van der Waals surface area contributed by atoms with Crippen molar-refractivity contribution >= 4 is 11.9 Å². The molecule has 9 heteroatoms. The predicted molar refractivity (Wildman–Crippen MR) is 110 cm³/mol. The zero-order valence-corrected chi connectivity index (χ0v) is 17.6. The summed E-state index contributed by atoms with van der Waals surface area (Å²) in [6.07, 6.45) is 0. The van der Waals surface area contributed by atoms with E-state index >= 15 is 0 Å². The van der Waals surface area contributed by atoms with Gasteiger partial charge < -0.3 is 19.3 Å². The highest BCUT2D eigenvalue weighted by Crippen LogP contribution is 2.35. The number of nitrogens with one attached hydrogen (secondary N) is 1. The molecule has 0 aliphatic carbocycles. The third-order valence-corrected chi connectivity index (χ3v) is 5.38. The van der Waals surface area contributed by atoms with E-state index in [1.54, 1.807) is 25.1 Å². The summed E-state index contributed by atoms with van der Waals surface area (Å²) in [5, 5.41) is 6.74. The standard InChI is InChI=1S/C22H22N4O5/c1-13-7-5-6-8-15(13)19-23-18(31-25-19)12-26-20(27)22(2,24-21(26)28)14-9-10-16(29-3)17(11-14)30-4/h5-11H,12H2,1-4H3,(H,24,28)/t22-/m1/s1. The first-order chi connectivity index (χ1) is 14.9. The van der Waals surface area contributed by atoms with Crippen molar-refractivity contribution in [2.75, 3.05) is 14.2 Å². The predicted octanol–water partition coefficient (Wildman–Crippen LogP) is 3.03. The van der Waals surface area contributed by atoms with Gasteiger partial charge in [0.05, 0.1) is 14.2 Å². The molecule has 2 aromatic carbocycles. The molecule has 31 heavy (non-hydrogen) atoms. The molecule has 0 spiro atoms. The van der Waals surface area contributed by atoms with Crippen LogP contribution in [0.15, 0.2) is 47.0 Å². The number of imide groups is 1. The van der Waals surface area contributed by atoms with Crippen LogP contribution < -0.4 is 14.8 Å². The van der Waals surface area contributed by atoms with Crippen molar-refractivity contribution in [2.24, 2.45) is 0 Å². The third kappa shape index (κ3) is 3.48. The summed E-state index contributed by atoms with van der Waals surface area (Å²) < 4.78 is 15.9. The van der Waals surface area contributed by atoms with E-state index in [2.05, 4.69) is 15.5 Å². The van der Waals surface area contributed by atoms with E-state index in [1.165, 1.54) is 14.2 Å². The minimum absolute atomic E-state index is 0.133. The maximum atomic E-state index is 13.2. The highest BCUT2D eigenvalue weighted by molar-refractivity contribution is 6.07. The summed E-state index contributed by atoms with van der Waals surface area (Å²) in [4.78, 5) is 31.3. The van der Waals surface area contributed by atoms with Gasteiger partial charge in [0.2, 0.25) is 11.7 Å². The number of nitrogens with zero attached hydrogens (tertiary/aromatic N) is 3. The van der Waals surface area contributed by atoms with E-state index in [4.69, 9.17) is 14.0 Å². The van der Waals surface area contributed by atoms with Crippen molar-refractivity contribution < 1.29 is 23.6 Å². The lowest BCUT2D eigenvalue weighted by Gasteiger charge is -2.23. The molecular formula is C22H22N4O5. The van der Waals surface area contributed by atoms with Crippen LogP contribution in [0.3, 0.4) is 0 Å². The van der Waals surface area contributed by atoms with E-state index in [0.29, 0.717) is 22.9 Å². The van der Waals surface area contributed by atoms with Gasteiger partial charge >= 0.3 is 6.03 Å². The number of ether oxygens (including phenoxy) is 2. The SMILES string of the molecule is COc1ccc([C@@]2(C)NC(=O)N(Cc3nc(-c4ccccc4C)no3)C2=O)cc1OC.